The van der Waals surface area contributed by atoms with E-state index >= 15 is 0 Å². The normalized spacial score (nSPS) is 15.9. The highest BCUT2D eigenvalue weighted by Crippen LogP contribution is 2.18. The molecule has 8 nitrogen and oxygen atoms in total. The van der Waals surface area contributed by atoms with E-state index in [2.05, 4.69) is 5.16 Å². The molecule has 0 aliphatic carbocycles. The van der Waals surface area contributed by atoms with E-state index in [1.165, 1.54) is 22.5 Å². The standard InChI is InChI=1S/C18H20N2O6S/c1-14-12-16(19-26-14)13-25-18(21)7-4-15-2-5-17(6-3-15)27(22,23)20-8-10-24-11-9-20/h2-7,12H,8-11,13H2,1H3/b7-4+. The lowest BCUT2D eigenvalue weighted by Gasteiger charge is -2.26. The average Bonchev–Trinajstić information content (AvgIpc) is 3.11. The Bertz CT molecular complexity index is 912. The Hall–Kier alpha value is -2.49. The van der Waals surface area contributed by atoms with Crippen LogP contribution in [0.4, 0.5) is 0 Å². The summed E-state index contributed by atoms with van der Waals surface area (Å²) in [4.78, 5) is 12.0. The van der Waals surface area contributed by atoms with Gasteiger partial charge in [0.1, 0.15) is 18.1 Å². The van der Waals surface area contributed by atoms with E-state index in [0.29, 0.717) is 43.3 Å². The molecule has 144 valence electrons. The molecule has 1 aromatic carbocycles. The van der Waals surface area contributed by atoms with Crippen molar-refractivity contribution in [1.82, 2.24) is 9.46 Å². The molecule has 1 fully saturated rings. The van der Waals surface area contributed by atoms with Crippen LogP contribution >= 0.6 is 0 Å². The van der Waals surface area contributed by atoms with Crippen molar-refractivity contribution >= 4 is 22.1 Å². The molecule has 0 N–H and O–H groups in total. The quantitative estimate of drug-likeness (QED) is 0.546. The number of sulfonamides is 1. The molecule has 1 aromatic heterocycles. The van der Waals surface area contributed by atoms with Gasteiger partial charge in [0.05, 0.1) is 18.1 Å². The number of hydrogen-bond donors (Lipinski definition) is 0. The van der Waals surface area contributed by atoms with Gasteiger partial charge >= 0.3 is 5.97 Å². The SMILES string of the molecule is Cc1cc(COC(=O)/C=C/c2ccc(S(=O)(=O)N3CCOCC3)cc2)no1. The Balaban J connectivity index is 1.58. The number of carbonyl (C=O) groups is 1. The van der Waals surface area contributed by atoms with Crippen LogP contribution in [0, 0.1) is 6.92 Å². The van der Waals surface area contributed by atoms with Gasteiger partial charge in [0, 0.05) is 25.2 Å². The first-order valence-corrected chi connectivity index (χ1v) is 9.84. The number of nitrogens with zero attached hydrogens (tertiary/aromatic N) is 2. The van der Waals surface area contributed by atoms with E-state index in [1.54, 1.807) is 31.2 Å². The monoisotopic (exact) mass is 392 g/mol. The fourth-order valence-corrected chi connectivity index (χ4v) is 3.94. The molecule has 1 saturated heterocycles. The summed E-state index contributed by atoms with van der Waals surface area (Å²) in [6.45, 7) is 3.27. The van der Waals surface area contributed by atoms with Gasteiger partial charge in [-0.2, -0.15) is 4.31 Å². The van der Waals surface area contributed by atoms with Crippen molar-refractivity contribution in [3.05, 3.63) is 53.4 Å². The van der Waals surface area contributed by atoms with Crippen molar-refractivity contribution in [2.75, 3.05) is 26.3 Å². The predicted molar refractivity (Wildman–Crippen MR) is 96.1 cm³/mol. The third kappa shape index (κ3) is 5.03. The molecule has 0 unspecified atom stereocenters. The second-order valence-corrected chi connectivity index (χ2v) is 7.89. The molecule has 0 bridgehead atoms. The first-order chi connectivity index (χ1) is 12.9. The molecule has 0 atom stereocenters. The number of benzene rings is 1. The van der Waals surface area contributed by atoms with E-state index in [0.717, 1.165) is 0 Å². The number of hydrogen-bond acceptors (Lipinski definition) is 7. The molecular weight excluding hydrogens is 372 g/mol. The van der Waals surface area contributed by atoms with Crippen LogP contribution in [0.15, 0.2) is 45.8 Å². The van der Waals surface area contributed by atoms with Crippen molar-refractivity contribution < 1.29 is 27.2 Å². The number of esters is 1. The molecule has 1 aliphatic heterocycles. The maximum atomic E-state index is 12.6. The third-order valence-corrected chi connectivity index (χ3v) is 5.85. The van der Waals surface area contributed by atoms with Crippen LogP contribution in [-0.4, -0.2) is 50.2 Å². The molecule has 2 aromatic rings. The lowest BCUT2D eigenvalue weighted by molar-refractivity contribution is -0.139. The van der Waals surface area contributed by atoms with Gasteiger partial charge in [-0.25, -0.2) is 13.2 Å². The van der Waals surface area contributed by atoms with Crippen LogP contribution in [-0.2, 0) is 30.9 Å². The molecule has 0 saturated carbocycles. The Morgan fingerprint density at radius 2 is 1.96 bits per heavy atom. The van der Waals surface area contributed by atoms with Crippen molar-refractivity contribution in [3.8, 4) is 0 Å². The van der Waals surface area contributed by atoms with Crippen molar-refractivity contribution in [2.24, 2.45) is 0 Å². The van der Waals surface area contributed by atoms with Gasteiger partial charge < -0.3 is 14.0 Å². The fraction of sp³-hybridized carbons (Fsp3) is 0.333. The topological polar surface area (TPSA) is 98.9 Å². The fourth-order valence-electron chi connectivity index (χ4n) is 2.53. The van der Waals surface area contributed by atoms with Crippen LogP contribution in [0.25, 0.3) is 6.08 Å². The maximum Gasteiger partial charge on any atom is 0.331 e. The first-order valence-electron chi connectivity index (χ1n) is 8.40. The number of morpholine rings is 1. The van der Waals surface area contributed by atoms with E-state index in [1.807, 2.05) is 0 Å². The van der Waals surface area contributed by atoms with Crippen LogP contribution in [0.2, 0.25) is 0 Å². The highest BCUT2D eigenvalue weighted by atomic mass is 32.2. The number of rotatable bonds is 6. The van der Waals surface area contributed by atoms with Crippen LogP contribution in [0.3, 0.4) is 0 Å². The van der Waals surface area contributed by atoms with Gasteiger partial charge in [-0.3, -0.25) is 0 Å². The van der Waals surface area contributed by atoms with Crippen LogP contribution in [0.5, 0.6) is 0 Å². The lowest BCUT2D eigenvalue weighted by Crippen LogP contribution is -2.40. The zero-order valence-corrected chi connectivity index (χ0v) is 15.6. The van der Waals surface area contributed by atoms with Crippen molar-refractivity contribution in [2.45, 2.75) is 18.4 Å². The Kier molecular flexibility index (Phi) is 6.04. The van der Waals surface area contributed by atoms with Gasteiger partial charge in [0.25, 0.3) is 0 Å². The smallest absolute Gasteiger partial charge is 0.331 e. The van der Waals surface area contributed by atoms with Crippen molar-refractivity contribution in [3.63, 3.8) is 0 Å². The largest absolute Gasteiger partial charge is 0.456 e. The zero-order valence-electron chi connectivity index (χ0n) is 14.8. The minimum absolute atomic E-state index is 0.0250. The number of aromatic nitrogens is 1. The summed E-state index contributed by atoms with van der Waals surface area (Å²) < 4.78 is 41.6. The number of ether oxygens (including phenoxy) is 2. The van der Waals surface area contributed by atoms with E-state index in [-0.39, 0.29) is 11.5 Å². The Morgan fingerprint density at radius 1 is 1.26 bits per heavy atom. The van der Waals surface area contributed by atoms with Gasteiger partial charge in [0.2, 0.25) is 10.0 Å². The summed E-state index contributed by atoms with van der Waals surface area (Å²) in [5.74, 6) is 0.115. The summed E-state index contributed by atoms with van der Waals surface area (Å²) in [6.07, 6.45) is 2.83. The lowest BCUT2D eigenvalue weighted by atomic mass is 10.2. The molecular formula is C18H20N2O6S. The molecule has 27 heavy (non-hydrogen) atoms. The highest BCUT2D eigenvalue weighted by molar-refractivity contribution is 7.89. The molecule has 9 heteroatoms. The minimum Gasteiger partial charge on any atom is -0.456 e. The summed E-state index contributed by atoms with van der Waals surface area (Å²) in [6, 6.07) is 8.00. The Labute approximate surface area is 157 Å². The second kappa shape index (κ2) is 8.47. The first kappa shape index (κ1) is 19.3. The van der Waals surface area contributed by atoms with Gasteiger partial charge in [-0.05, 0) is 30.7 Å². The Morgan fingerprint density at radius 3 is 2.59 bits per heavy atom. The second-order valence-electron chi connectivity index (χ2n) is 5.96. The zero-order chi connectivity index (χ0) is 19.3. The number of carbonyl (C=O) groups excluding carboxylic acids is 1. The van der Waals surface area contributed by atoms with Crippen LogP contribution in [0.1, 0.15) is 17.0 Å². The summed E-state index contributed by atoms with van der Waals surface area (Å²) >= 11 is 0. The van der Waals surface area contributed by atoms with Gasteiger partial charge in [-0.15, -0.1) is 0 Å². The maximum absolute atomic E-state index is 12.6. The molecule has 3 rings (SSSR count). The predicted octanol–water partition coefficient (Wildman–Crippen LogP) is 1.76. The van der Waals surface area contributed by atoms with Gasteiger partial charge in [0.15, 0.2) is 0 Å². The van der Waals surface area contributed by atoms with Crippen LogP contribution < -0.4 is 0 Å². The van der Waals surface area contributed by atoms with E-state index < -0.39 is 16.0 Å². The minimum atomic E-state index is -3.53. The van der Waals surface area contributed by atoms with Crippen molar-refractivity contribution in [1.29, 1.82) is 0 Å². The summed E-state index contributed by atoms with van der Waals surface area (Å²) in [5, 5.41) is 3.73. The highest BCUT2D eigenvalue weighted by Gasteiger charge is 2.25. The molecule has 0 radical (unpaired) electrons. The number of aryl methyl sites for hydroxylation is 1. The average molecular weight is 392 g/mol. The third-order valence-electron chi connectivity index (χ3n) is 3.94. The van der Waals surface area contributed by atoms with E-state index in [9.17, 15) is 13.2 Å². The van der Waals surface area contributed by atoms with Gasteiger partial charge in [-0.1, -0.05) is 17.3 Å². The summed E-state index contributed by atoms with van der Waals surface area (Å²) in [5.41, 5.74) is 1.22. The molecule has 0 spiro atoms. The molecule has 0 amide bonds. The summed E-state index contributed by atoms with van der Waals surface area (Å²) in [7, 11) is -3.53. The van der Waals surface area contributed by atoms with E-state index in [4.69, 9.17) is 14.0 Å². The molecule has 2 heterocycles. The molecule has 1 aliphatic rings.